The summed E-state index contributed by atoms with van der Waals surface area (Å²) in [6, 6.07) is 2.32. The van der Waals surface area contributed by atoms with Crippen LogP contribution in [0.1, 0.15) is 31.3 Å². The molecule has 0 aromatic carbocycles. The lowest BCUT2D eigenvalue weighted by Crippen LogP contribution is -2.48. The highest BCUT2D eigenvalue weighted by atomic mass is 16.3. The number of furan rings is 1. The molecular formula is C13H19N3O4. The van der Waals surface area contributed by atoms with Crippen LogP contribution in [0.2, 0.25) is 0 Å². The summed E-state index contributed by atoms with van der Waals surface area (Å²) in [6.45, 7) is 5.05. The van der Waals surface area contributed by atoms with Crippen LogP contribution in [0.3, 0.4) is 0 Å². The molecule has 0 fully saturated rings. The molecule has 0 radical (unpaired) electrons. The van der Waals surface area contributed by atoms with E-state index in [2.05, 4.69) is 16.0 Å². The van der Waals surface area contributed by atoms with Crippen molar-refractivity contribution in [2.24, 2.45) is 0 Å². The predicted octanol–water partition coefficient (Wildman–Crippen LogP) is 0.0387. The largest absolute Gasteiger partial charge is 0.459 e. The molecule has 0 aliphatic rings. The summed E-state index contributed by atoms with van der Waals surface area (Å²) in [5.41, 5.74) is 0. The molecule has 1 rings (SSSR count). The number of rotatable bonds is 6. The second-order valence-corrected chi connectivity index (χ2v) is 4.61. The fraction of sp³-hybridized carbons (Fsp3) is 0.462. The van der Waals surface area contributed by atoms with E-state index in [1.54, 1.807) is 6.07 Å². The molecule has 1 aromatic rings. The zero-order valence-electron chi connectivity index (χ0n) is 11.7. The van der Waals surface area contributed by atoms with Crippen LogP contribution in [0.25, 0.3) is 0 Å². The van der Waals surface area contributed by atoms with Gasteiger partial charge in [-0.25, -0.2) is 0 Å². The maximum absolute atomic E-state index is 11.7. The second kappa shape index (κ2) is 7.32. The van der Waals surface area contributed by atoms with E-state index in [4.69, 9.17) is 4.42 Å². The third kappa shape index (κ3) is 5.13. The van der Waals surface area contributed by atoms with Crippen LogP contribution in [-0.2, 0) is 9.59 Å². The third-order valence-electron chi connectivity index (χ3n) is 2.36. The summed E-state index contributed by atoms with van der Waals surface area (Å²) in [4.78, 5) is 34.7. The minimum Gasteiger partial charge on any atom is -0.459 e. The summed E-state index contributed by atoms with van der Waals surface area (Å²) in [7, 11) is 0. The van der Waals surface area contributed by atoms with Gasteiger partial charge in [0.25, 0.3) is 5.91 Å². The van der Waals surface area contributed by atoms with Crippen molar-refractivity contribution >= 4 is 17.7 Å². The van der Waals surface area contributed by atoms with Gasteiger partial charge in [-0.05, 0) is 32.9 Å². The van der Waals surface area contributed by atoms with Gasteiger partial charge in [0, 0.05) is 6.04 Å². The molecule has 3 N–H and O–H groups in total. The Kier molecular flexibility index (Phi) is 5.76. The van der Waals surface area contributed by atoms with Crippen molar-refractivity contribution in [1.82, 2.24) is 16.0 Å². The van der Waals surface area contributed by atoms with E-state index in [9.17, 15) is 14.4 Å². The monoisotopic (exact) mass is 281 g/mol. The molecule has 0 aliphatic heterocycles. The third-order valence-corrected chi connectivity index (χ3v) is 2.36. The van der Waals surface area contributed by atoms with Gasteiger partial charge in [0.15, 0.2) is 5.76 Å². The first kappa shape index (κ1) is 15.7. The number of hydrogen-bond acceptors (Lipinski definition) is 4. The highest BCUT2D eigenvalue weighted by molar-refractivity contribution is 5.96. The van der Waals surface area contributed by atoms with E-state index in [-0.39, 0.29) is 24.3 Å². The number of amides is 3. The molecule has 3 amide bonds. The van der Waals surface area contributed by atoms with Crippen LogP contribution in [-0.4, -0.2) is 36.3 Å². The number of hydrogen-bond donors (Lipinski definition) is 3. The Morgan fingerprint density at radius 3 is 2.45 bits per heavy atom. The first-order valence-corrected chi connectivity index (χ1v) is 6.31. The van der Waals surface area contributed by atoms with Gasteiger partial charge in [-0.1, -0.05) is 0 Å². The fourth-order valence-electron chi connectivity index (χ4n) is 1.43. The summed E-state index contributed by atoms with van der Waals surface area (Å²) < 4.78 is 4.91. The van der Waals surface area contributed by atoms with Crippen molar-refractivity contribution in [1.29, 1.82) is 0 Å². The number of carbonyl (C=O) groups excluding carboxylic acids is 3. The van der Waals surface area contributed by atoms with Gasteiger partial charge in [0.2, 0.25) is 11.8 Å². The van der Waals surface area contributed by atoms with Crippen LogP contribution >= 0.6 is 0 Å². The Labute approximate surface area is 117 Å². The van der Waals surface area contributed by atoms with Gasteiger partial charge in [-0.3, -0.25) is 14.4 Å². The maximum atomic E-state index is 11.7. The minimum atomic E-state index is -0.764. The lowest BCUT2D eigenvalue weighted by atomic mass is 10.3. The highest BCUT2D eigenvalue weighted by Crippen LogP contribution is 1.99. The van der Waals surface area contributed by atoms with Crippen LogP contribution in [0.4, 0.5) is 0 Å². The minimum absolute atomic E-state index is 0.00970. The fourth-order valence-corrected chi connectivity index (χ4v) is 1.43. The Bertz CT molecular complexity index is 468. The Morgan fingerprint density at radius 2 is 1.90 bits per heavy atom. The standard InChI is InChI=1S/C13H19N3O4/c1-8(2)15-11(17)7-14-12(18)9(3)16-13(19)10-5-4-6-20-10/h4-6,8-9H,7H2,1-3H3,(H,14,18)(H,15,17)(H,16,19). The van der Waals surface area contributed by atoms with Gasteiger partial charge in [0.05, 0.1) is 12.8 Å². The van der Waals surface area contributed by atoms with Gasteiger partial charge in [-0.2, -0.15) is 0 Å². The summed E-state index contributed by atoms with van der Waals surface area (Å²) in [6.07, 6.45) is 1.37. The zero-order chi connectivity index (χ0) is 15.1. The average molecular weight is 281 g/mol. The molecule has 1 unspecified atom stereocenters. The van der Waals surface area contributed by atoms with Crippen molar-refractivity contribution in [3.8, 4) is 0 Å². The molecule has 1 aromatic heterocycles. The van der Waals surface area contributed by atoms with Crippen molar-refractivity contribution < 1.29 is 18.8 Å². The highest BCUT2D eigenvalue weighted by Gasteiger charge is 2.18. The van der Waals surface area contributed by atoms with E-state index in [0.717, 1.165) is 0 Å². The molecule has 1 atom stereocenters. The van der Waals surface area contributed by atoms with Crippen molar-refractivity contribution in [2.75, 3.05) is 6.54 Å². The molecule has 0 bridgehead atoms. The number of nitrogens with one attached hydrogen (secondary N) is 3. The average Bonchev–Trinajstić information content (AvgIpc) is 2.88. The van der Waals surface area contributed by atoms with E-state index in [1.807, 2.05) is 13.8 Å². The van der Waals surface area contributed by atoms with E-state index >= 15 is 0 Å². The first-order valence-electron chi connectivity index (χ1n) is 6.31. The van der Waals surface area contributed by atoms with Crippen molar-refractivity contribution in [2.45, 2.75) is 32.9 Å². The second-order valence-electron chi connectivity index (χ2n) is 4.61. The van der Waals surface area contributed by atoms with Gasteiger partial charge in [-0.15, -0.1) is 0 Å². The smallest absolute Gasteiger partial charge is 0.287 e. The predicted molar refractivity (Wildman–Crippen MR) is 71.9 cm³/mol. The Balaban J connectivity index is 2.36. The lowest BCUT2D eigenvalue weighted by molar-refractivity contribution is -0.127. The van der Waals surface area contributed by atoms with Crippen molar-refractivity contribution in [3.05, 3.63) is 24.2 Å². The number of carbonyl (C=O) groups is 3. The van der Waals surface area contributed by atoms with E-state index in [0.29, 0.717) is 0 Å². The molecule has 0 spiro atoms. The molecule has 7 heteroatoms. The van der Waals surface area contributed by atoms with Crippen molar-refractivity contribution in [3.63, 3.8) is 0 Å². The molecule has 0 saturated carbocycles. The van der Waals surface area contributed by atoms with Gasteiger partial charge >= 0.3 is 0 Å². The summed E-state index contributed by atoms with van der Waals surface area (Å²) >= 11 is 0. The molecule has 110 valence electrons. The molecular weight excluding hydrogens is 262 g/mol. The first-order chi connectivity index (χ1) is 9.40. The molecule has 0 aliphatic carbocycles. The van der Waals surface area contributed by atoms with Crippen LogP contribution in [0, 0.1) is 0 Å². The van der Waals surface area contributed by atoms with Crippen LogP contribution in [0.15, 0.2) is 22.8 Å². The SMILES string of the molecule is CC(C)NC(=O)CNC(=O)C(C)NC(=O)c1ccco1. The maximum Gasteiger partial charge on any atom is 0.287 e. The van der Waals surface area contributed by atoms with Gasteiger partial charge < -0.3 is 20.4 Å². The van der Waals surface area contributed by atoms with Gasteiger partial charge in [0.1, 0.15) is 6.04 Å². The normalized spacial score (nSPS) is 11.8. The Hall–Kier alpha value is -2.31. The van der Waals surface area contributed by atoms with Crippen LogP contribution < -0.4 is 16.0 Å². The summed E-state index contributed by atoms with van der Waals surface area (Å²) in [5.74, 6) is -1.08. The van der Waals surface area contributed by atoms with E-state index in [1.165, 1.54) is 19.3 Å². The van der Waals surface area contributed by atoms with Crippen LogP contribution in [0.5, 0.6) is 0 Å². The quantitative estimate of drug-likeness (QED) is 0.685. The molecule has 1 heterocycles. The van der Waals surface area contributed by atoms with E-state index < -0.39 is 17.9 Å². The molecule has 0 saturated heterocycles. The summed E-state index contributed by atoms with van der Waals surface area (Å²) in [5, 5.41) is 7.56. The molecule has 20 heavy (non-hydrogen) atoms. The zero-order valence-corrected chi connectivity index (χ0v) is 11.7. The molecule has 7 nitrogen and oxygen atoms in total. The lowest BCUT2D eigenvalue weighted by Gasteiger charge is -2.14. The topological polar surface area (TPSA) is 100 Å². The Morgan fingerprint density at radius 1 is 1.20 bits per heavy atom.